The first-order valence-electron chi connectivity index (χ1n) is 4.07. The van der Waals surface area contributed by atoms with Gasteiger partial charge >= 0.3 is 6.18 Å². The molecule has 0 aliphatic heterocycles. The van der Waals surface area contributed by atoms with Crippen molar-refractivity contribution in [2.75, 3.05) is 6.61 Å². The van der Waals surface area contributed by atoms with E-state index in [1.165, 1.54) is 24.3 Å². The van der Waals surface area contributed by atoms with Gasteiger partial charge in [-0.05, 0) is 23.8 Å². The van der Waals surface area contributed by atoms with Crippen LogP contribution >= 0.6 is 11.6 Å². The van der Waals surface area contributed by atoms with Gasteiger partial charge in [0.25, 0.3) is 0 Å². The number of halogens is 4. The van der Waals surface area contributed by atoms with E-state index in [1.54, 1.807) is 0 Å². The first kappa shape index (κ1) is 12.1. The van der Waals surface area contributed by atoms with Gasteiger partial charge in [-0.25, -0.2) is 0 Å². The predicted octanol–water partition coefficient (Wildman–Crippen LogP) is 3.28. The number of hydrogen-bond donors (Lipinski definition) is 1. The van der Waals surface area contributed by atoms with E-state index >= 15 is 0 Å². The van der Waals surface area contributed by atoms with Crippen LogP contribution in [0.2, 0.25) is 5.02 Å². The summed E-state index contributed by atoms with van der Waals surface area (Å²) in [5, 5.41) is 9.01. The van der Waals surface area contributed by atoms with E-state index < -0.39 is 18.4 Å². The summed E-state index contributed by atoms with van der Waals surface area (Å²) in [7, 11) is 0. The van der Waals surface area contributed by atoms with Gasteiger partial charge in [0.15, 0.2) is 0 Å². The first-order valence-corrected chi connectivity index (χ1v) is 4.45. The molecule has 1 nitrogen and oxygen atoms in total. The number of hydrogen-bond acceptors (Lipinski definition) is 1. The van der Waals surface area contributed by atoms with E-state index in [-0.39, 0.29) is 0 Å². The molecule has 0 aliphatic carbocycles. The lowest BCUT2D eigenvalue weighted by molar-refractivity contribution is -0.0964. The lowest BCUT2D eigenvalue weighted by Crippen LogP contribution is -2.14. The van der Waals surface area contributed by atoms with Crippen molar-refractivity contribution < 1.29 is 18.3 Å². The van der Waals surface area contributed by atoms with Crippen LogP contribution in [-0.2, 0) is 0 Å². The van der Waals surface area contributed by atoms with Crippen molar-refractivity contribution in [3.05, 3.63) is 40.4 Å². The van der Waals surface area contributed by atoms with Gasteiger partial charge in [0.1, 0.15) is 0 Å². The number of alkyl halides is 3. The van der Waals surface area contributed by atoms with E-state index in [4.69, 9.17) is 16.7 Å². The van der Waals surface area contributed by atoms with Crippen LogP contribution in [0.3, 0.4) is 0 Å². The molecule has 0 radical (unpaired) electrons. The third-order valence-corrected chi connectivity index (χ3v) is 2.00. The van der Waals surface area contributed by atoms with Crippen molar-refractivity contribution in [1.29, 1.82) is 0 Å². The Labute approximate surface area is 89.8 Å². The molecule has 1 rings (SSSR count). The quantitative estimate of drug-likeness (QED) is 0.836. The highest BCUT2D eigenvalue weighted by molar-refractivity contribution is 6.30. The van der Waals surface area contributed by atoms with E-state index in [1.807, 2.05) is 0 Å². The Hall–Kier alpha value is -1.00. The smallest absolute Gasteiger partial charge is 0.392 e. The second kappa shape index (κ2) is 4.68. The van der Waals surface area contributed by atoms with Gasteiger partial charge in [0.2, 0.25) is 0 Å². The standard InChI is InChI=1S/C10H8ClF3O/c11-9-3-1-7(2-4-9)5-8(6-15)10(12,13)14/h1-5,15H,6H2/b8-5+. The molecule has 0 saturated heterocycles. The van der Waals surface area contributed by atoms with Crippen LogP contribution in [-0.4, -0.2) is 17.9 Å². The molecule has 1 aromatic carbocycles. The molecule has 0 saturated carbocycles. The number of aliphatic hydroxyl groups excluding tert-OH is 1. The van der Waals surface area contributed by atoms with Gasteiger partial charge in [-0.1, -0.05) is 23.7 Å². The predicted molar refractivity (Wildman–Crippen MR) is 52.6 cm³/mol. The minimum atomic E-state index is -4.51. The highest BCUT2D eigenvalue weighted by atomic mass is 35.5. The van der Waals surface area contributed by atoms with E-state index in [2.05, 4.69) is 0 Å². The van der Waals surface area contributed by atoms with Crippen molar-refractivity contribution >= 4 is 17.7 Å². The molecule has 0 atom stereocenters. The Balaban J connectivity index is 2.99. The molecule has 0 fully saturated rings. The average Bonchev–Trinajstić information content (AvgIpc) is 2.15. The molecular formula is C10H8ClF3O. The average molecular weight is 237 g/mol. The molecule has 0 aliphatic rings. The molecule has 0 spiro atoms. The molecule has 1 aromatic rings. The normalized spacial score (nSPS) is 13.0. The van der Waals surface area contributed by atoms with Crippen LogP contribution in [0.1, 0.15) is 5.56 Å². The molecule has 5 heteroatoms. The van der Waals surface area contributed by atoms with Crippen LogP contribution in [0.4, 0.5) is 13.2 Å². The van der Waals surface area contributed by atoms with Crippen LogP contribution in [0.5, 0.6) is 0 Å². The van der Waals surface area contributed by atoms with Gasteiger partial charge in [-0.2, -0.15) is 13.2 Å². The molecule has 82 valence electrons. The second-order valence-electron chi connectivity index (χ2n) is 2.88. The van der Waals surface area contributed by atoms with Gasteiger partial charge in [0.05, 0.1) is 12.2 Å². The summed E-state index contributed by atoms with van der Waals surface area (Å²) in [4.78, 5) is 0. The van der Waals surface area contributed by atoms with Crippen molar-refractivity contribution in [2.45, 2.75) is 6.18 Å². The van der Waals surface area contributed by atoms with Crippen LogP contribution in [0, 0.1) is 0 Å². The van der Waals surface area contributed by atoms with E-state index in [0.29, 0.717) is 10.6 Å². The summed E-state index contributed by atoms with van der Waals surface area (Å²) in [6.07, 6.45) is -3.62. The van der Waals surface area contributed by atoms with Crippen LogP contribution < -0.4 is 0 Å². The van der Waals surface area contributed by atoms with Crippen molar-refractivity contribution in [3.8, 4) is 0 Å². The number of benzene rings is 1. The number of aliphatic hydroxyl groups is 1. The third kappa shape index (κ3) is 3.57. The zero-order chi connectivity index (χ0) is 11.5. The second-order valence-corrected chi connectivity index (χ2v) is 3.31. The molecule has 0 amide bonds. The monoisotopic (exact) mass is 236 g/mol. The Kier molecular flexibility index (Phi) is 3.77. The maximum Gasteiger partial charge on any atom is 0.414 e. The van der Waals surface area contributed by atoms with Crippen molar-refractivity contribution in [2.24, 2.45) is 0 Å². The summed E-state index contributed by atoms with van der Waals surface area (Å²) in [5.74, 6) is 0. The van der Waals surface area contributed by atoms with Crippen molar-refractivity contribution in [1.82, 2.24) is 0 Å². The zero-order valence-electron chi connectivity index (χ0n) is 7.55. The summed E-state index contributed by atoms with van der Waals surface area (Å²) < 4.78 is 36.7. The Morgan fingerprint density at radius 3 is 2.20 bits per heavy atom. The minimum absolute atomic E-state index is 0.348. The van der Waals surface area contributed by atoms with Crippen molar-refractivity contribution in [3.63, 3.8) is 0 Å². The Morgan fingerprint density at radius 1 is 1.27 bits per heavy atom. The molecule has 0 heterocycles. The van der Waals surface area contributed by atoms with E-state index in [9.17, 15) is 13.2 Å². The van der Waals surface area contributed by atoms with Gasteiger partial charge in [-0.15, -0.1) is 0 Å². The van der Waals surface area contributed by atoms with Crippen LogP contribution in [0.15, 0.2) is 29.8 Å². The molecule has 0 unspecified atom stereocenters. The largest absolute Gasteiger partial charge is 0.414 e. The third-order valence-electron chi connectivity index (χ3n) is 1.75. The Morgan fingerprint density at radius 2 is 1.80 bits per heavy atom. The SMILES string of the molecule is OC/C(=C\c1ccc(Cl)cc1)C(F)(F)F. The lowest BCUT2D eigenvalue weighted by atomic mass is 10.1. The van der Waals surface area contributed by atoms with Gasteiger partial charge < -0.3 is 5.11 Å². The summed E-state index contributed by atoms with van der Waals surface area (Å²) in [6, 6.07) is 5.87. The fraction of sp³-hybridized carbons (Fsp3) is 0.200. The van der Waals surface area contributed by atoms with Gasteiger partial charge in [-0.3, -0.25) is 0 Å². The van der Waals surface area contributed by atoms with E-state index in [0.717, 1.165) is 6.08 Å². The van der Waals surface area contributed by atoms with Gasteiger partial charge in [0, 0.05) is 5.02 Å². The molecule has 0 aromatic heterocycles. The Bertz CT molecular complexity index is 354. The summed E-state index contributed by atoms with van der Waals surface area (Å²) in [6.45, 7) is -1.04. The summed E-state index contributed by atoms with van der Waals surface area (Å²) >= 11 is 5.58. The zero-order valence-corrected chi connectivity index (χ0v) is 8.31. The fourth-order valence-electron chi connectivity index (χ4n) is 0.977. The highest BCUT2D eigenvalue weighted by Crippen LogP contribution is 2.27. The molecular weight excluding hydrogens is 229 g/mol. The lowest BCUT2D eigenvalue weighted by Gasteiger charge is -2.08. The minimum Gasteiger partial charge on any atom is -0.392 e. The molecule has 0 bridgehead atoms. The topological polar surface area (TPSA) is 20.2 Å². The molecule has 15 heavy (non-hydrogen) atoms. The van der Waals surface area contributed by atoms with Crippen LogP contribution in [0.25, 0.3) is 6.08 Å². The highest BCUT2D eigenvalue weighted by Gasteiger charge is 2.32. The maximum absolute atomic E-state index is 12.2. The first-order chi connectivity index (χ1) is 6.93. The fourth-order valence-corrected chi connectivity index (χ4v) is 1.10. The summed E-state index contributed by atoms with van der Waals surface area (Å²) in [5.41, 5.74) is -0.634. The maximum atomic E-state index is 12.2. The number of rotatable bonds is 2. The molecule has 1 N–H and O–H groups in total.